The van der Waals surface area contributed by atoms with Gasteiger partial charge in [-0.3, -0.25) is 4.79 Å². The number of ether oxygens (including phenoxy) is 1. The second-order valence-corrected chi connectivity index (χ2v) is 16.0. The molecular formula is C31H44N3O7PS. The van der Waals surface area contributed by atoms with E-state index in [2.05, 4.69) is 59.8 Å². The molecule has 3 unspecified atom stereocenters. The van der Waals surface area contributed by atoms with Crippen LogP contribution in [0.4, 0.5) is 5.13 Å². The van der Waals surface area contributed by atoms with E-state index in [0.29, 0.717) is 41.0 Å². The van der Waals surface area contributed by atoms with Crippen LogP contribution in [0.3, 0.4) is 0 Å². The van der Waals surface area contributed by atoms with E-state index in [1.165, 1.54) is 22.5 Å². The average molecular weight is 634 g/mol. The molecule has 1 aromatic carbocycles. The zero-order valence-corrected chi connectivity index (χ0v) is 27.6. The molecule has 0 bridgehead atoms. The quantitative estimate of drug-likeness (QED) is 0.158. The highest BCUT2D eigenvalue weighted by Crippen LogP contribution is 2.63. The number of hydrogen-bond donors (Lipinski definition) is 3. The fourth-order valence-electron chi connectivity index (χ4n) is 7.97. The minimum Gasteiger partial charge on any atom is -0.467 e. The first-order valence-corrected chi connectivity index (χ1v) is 17.4. The van der Waals surface area contributed by atoms with Gasteiger partial charge in [-0.2, -0.15) is 0 Å². The van der Waals surface area contributed by atoms with Crippen LogP contribution in [0.25, 0.3) is 0 Å². The summed E-state index contributed by atoms with van der Waals surface area (Å²) in [6.45, 7) is 10.1. The molecule has 3 aliphatic carbocycles. The van der Waals surface area contributed by atoms with E-state index in [9.17, 15) is 9.36 Å². The number of benzene rings is 1. The number of nitrogens with zero attached hydrogens (tertiary/aromatic N) is 2. The first-order chi connectivity index (χ1) is 20.2. The van der Waals surface area contributed by atoms with Crippen molar-refractivity contribution in [2.75, 3.05) is 19.2 Å². The number of anilines is 1. The number of phosphoric ester groups is 1. The van der Waals surface area contributed by atoms with Gasteiger partial charge in [-0.25, -0.2) is 14.1 Å². The molecule has 0 saturated heterocycles. The maximum absolute atomic E-state index is 12.9. The van der Waals surface area contributed by atoms with E-state index < -0.39 is 14.6 Å². The number of carbonyl (C=O) groups excluding carboxylic acids is 1. The molecule has 0 aliphatic heterocycles. The number of aromatic nitrogens is 1. The summed E-state index contributed by atoms with van der Waals surface area (Å²) in [6, 6.07) is 4.32. The predicted octanol–water partition coefficient (Wildman–Crippen LogP) is 6.70. The molecule has 236 valence electrons. The van der Waals surface area contributed by atoms with Gasteiger partial charge in [-0.05, 0) is 97.3 Å². The zero-order chi connectivity index (χ0) is 31.2. The fraction of sp³-hybridized carbons (Fsp3) is 0.645. The predicted molar refractivity (Wildman–Crippen MR) is 166 cm³/mol. The summed E-state index contributed by atoms with van der Waals surface area (Å²) in [6.07, 6.45) is 7.79. The number of rotatable bonds is 9. The van der Waals surface area contributed by atoms with Crippen LogP contribution in [-0.4, -0.2) is 40.3 Å². The Kier molecular flexibility index (Phi) is 9.14. The summed E-state index contributed by atoms with van der Waals surface area (Å²) < 4.78 is 21.6. The van der Waals surface area contributed by atoms with Crippen molar-refractivity contribution in [1.82, 2.24) is 4.98 Å². The van der Waals surface area contributed by atoms with Crippen LogP contribution in [0.15, 0.2) is 23.5 Å². The lowest BCUT2D eigenvalue weighted by atomic mass is 9.53. The molecule has 2 aromatic rings. The summed E-state index contributed by atoms with van der Waals surface area (Å²) in [7, 11) is -3.02. The number of carbonyl (C=O) groups is 1. The van der Waals surface area contributed by atoms with Gasteiger partial charge in [0.15, 0.2) is 11.9 Å². The molecule has 12 heteroatoms. The normalized spacial score (nSPS) is 27.8. The van der Waals surface area contributed by atoms with Gasteiger partial charge in [-0.15, -0.1) is 11.3 Å². The molecule has 3 aliphatic rings. The Morgan fingerprint density at radius 2 is 2.05 bits per heavy atom. The molecular weight excluding hydrogens is 589 g/mol. The monoisotopic (exact) mass is 633 g/mol. The molecule has 10 nitrogen and oxygen atoms in total. The molecule has 1 amide bonds. The fourth-order valence-corrected chi connectivity index (χ4v) is 8.84. The molecule has 0 spiro atoms. The lowest BCUT2D eigenvalue weighted by Gasteiger charge is -2.50. The number of phosphoric acid groups is 1. The maximum atomic E-state index is 12.9. The lowest BCUT2D eigenvalue weighted by Crippen LogP contribution is -2.44. The third kappa shape index (κ3) is 6.86. The third-order valence-corrected chi connectivity index (χ3v) is 11.0. The summed E-state index contributed by atoms with van der Waals surface area (Å²) in [5.41, 5.74) is 4.36. The molecule has 3 N–H and O–H groups in total. The van der Waals surface area contributed by atoms with Crippen LogP contribution in [0, 0.1) is 30.1 Å². The molecule has 1 heterocycles. The number of aryl methyl sites for hydroxylation is 2. The van der Waals surface area contributed by atoms with Crippen molar-refractivity contribution in [3.05, 3.63) is 39.9 Å². The van der Waals surface area contributed by atoms with Crippen LogP contribution in [0.1, 0.15) is 93.7 Å². The minimum atomic E-state index is -4.63. The number of fused-ring (bicyclic) bond motifs is 5. The smallest absolute Gasteiger partial charge is 0.467 e. The summed E-state index contributed by atoms with van der Waals surface area (Å²) in [5, 5.41) is 8.16. The molecule has 2 fully saturated rings. The summed E-state index contributed by atoms with van der Waals surface area (Å²) >= 11 is 1.49. The number of hydrogen-bond acceptors (Lipinski definition) is 8. The number of thiazole rings is 1. The van der Waals surface area contributed by atoms with Crippen molar-refractivity contribution in [3.8, 4) is 5.75 Å². The van der Waals surface area contributed by atoms with Gasteiger partial charge in [-0.1, -0.05) is 38.9 Å². The van der Waals surface area contributed by atoms with Gasteiger partial charge < -0.3 is 24.7 Å². The summed E-state index contributed by atoms with van der Waals surface area (Å²) in [5.74, 6) is 2.14. The van der Waals surface area contributed by atoms with E-state index in [4.69, 9.17) is 19.4 Å². The van der Waals surface area contributed by atoms with Gasteiger partial charge in [0.1, 0.15) is 12.9 Å². The molecule has 5 rings (SSSR count). The summed E-state index contributed by atoms with van der Waals surface area (Å²) in [4.78, 5) is 41.8. The zero-order valence-electron chi connectivity index (χ0n) is 25.9. The second-order valence-electron chi connectivity index (χ2n) is 13.5. The van der Waals surface area contributed by atoms with Crippen molar-refractivity contribution >= 4 is 35.9 Å². The number of nitrogens with one attached hydrogen (secondary N) is 1. The second kappa shape index (κ2) is 12.2. The Hall–Kier alpha value is -2.30. The highest BCUT2D eigenvalue weighted by atomic mass is 32.1. The van der Waals surface area contributed by atoms with E-state index in [0.717, 1.165) is 54.7 Å². The van der Waals surface area contributed by atoms with Crippen LogP contribution in [0.5, 0.6) is 5.75 Å². The lowest BCUT2D eigenvalue weighted by molar-refractivity contribution is -0.116. The molecule has 5 atom stereocenters. The van der Waals surface area contributed by atoms with E-state index in [-0.39, 0.29) is 16.7 Å². The standard InChI is InChI=1S/C31H44N3O7PS/c1-18-16-32-29(43-18)33-27(35)10-8-20-14-26(34-39-6)31(5)12-11-21-22(28(20)31)9-7-19-13-25(40-17-41-42(36,37)38)24(15-23(19)21)30(2,3)4/h13,15-16,20-22,28H,7-12,14,17H2,1-6H3,(H,32,33,35)(H2,36,37,38)/t20-,21?,22?,28?,31-/m1/s1. The molecule has 0 radical (unpaired) electrons. The van der Waals surface area contributed by atoms with E-state index in [1.807, 2.05) is 6.92 Å². The largest absolute Gasteiger partial charge is 0.472 e. The van der Waals surface area contributed by atoms with Gasteiger partial charge in [0.25, 0.3) is 0 Å². The topological polar surface area (TPSA) is 140 Å². The van der Waals surface area contributed by atoms with Gasteiger partial charge in [0.2, 0.25) is 5.91 Å². The molecule has 1 aromatic heterocycles. The third-order valence-electron chi connectivity index (χ3n) is 9.75. The highest BCUT2D eigenvalue weighted by molar-refractivity contribution is 7.46. The van der Waals surface area contributed by atoms with Crippen LogP contribution in [0.2, 0.25) is 0 Å². The van der Waals surface area contributed by atoms with Crippen LogP contribution >= 0.6 is 19.2 Å². The van der Waals surface area contributed by atoms with Gasteiger partial charge in [0, 0.05) is 22.9 Å². The van der Waals surface area contributed by atoms with Crippen molar-refractivity contribution in [3.63, 3.8) is 0 Å². The van der Waals surface area contributed by atoms with Crippen molar-refractivity contribution in [2.24, 2.45) is 28.3 Å². The van der Waals surface area contributed by atoms with Crippen molar-refractivity contribution < 1.29 is 33.2 Å². The average Bonchev–Trinajstić information content (AvgIpc) is 3.45. The minimum absolute atomic E-state index is 0.000360. The van der Waals surface area contributed by atoms with Crippen LogP contribution in [-0.2, 0) is 30.6 Å². The van der Waals surface area contributed by atoms with Crippen molar-refractivity contribution in [2.45, 2.75) is 90.9 Å². The molecule has 2 saturated carbocycles. The number of oxime groups is 1. The van der Waals surface area contributed by atoms with Crippen molar-refractivity contribution in [1.29, 1.82) is 0 Å². The Morgan fingerprint density at radius 3 is 2.70 bits per heavy atom. The first-order valence-electron chi connectivity index (χ1n) is 15.0. The Balaban J connectivity index is 1.41. The number of amides is 1. The molecule has 43 heavy (non-hydrogen) atoms. The van der Waals surface area contributed by atoms with Gasteiger partial charge >= 0.3 is 7.82 Å². The SMILES string of the molecule is CON=C1C[C@@H](CCC(=O)Nc2ncc(C)s2)C2C3CCc4cc(OCOP(=O)(O)O)c(C(C)(C)C)cc4C3CC[C@]12C. The highest BCUT2D eigenvalue weighted by Gasteiger charge is 2.57. The Morgan fingerprint density at radius 1 is 1.28 bits per heavy atom. The van der Waals surface area contributed by atoms with Crippen LogP contribution < -0.4 is 10.1 Å². The van der Waals surface area contributed by atoms with E-state index >= 15 is 0 Å². The maximum Gasteiger partial charge on any atom is 0.472 e. The Bertz CT molecular complexity index is 1430. The van der Waals surface area contributed by atoms with E-state index in [1.54, 1.807) is 13.3 Å². The Labute approximate surface area is 257 Å². The first kappa shape index (κ1) is 32.1. The van der Waals surface area contributed by atoms with Gasteiger partial charge in [0.05, 0.1) is 5.71 Å².